The van der Waals surface area contributed by atoms with Gasteiger partial charge in [0, 0.05) is 12.4 Å². The van der Waals surface area contributed by atoms with Crippen molar-refractivity contribution in [2.45, 2.75) is 13.5 Å². The number of nitrogens with zero attached hydrogens (tertiary/aromatic N) is 2. The number of hydrogen-bond acceptors (Lipinski definition) is 3. The van der Waals surface area contributed by atoms with Gasteiger partial charge in [0.15, 0.2) is 0 Å². The molecule has 2 aromatic rings. The first kappa shape index (κ1) is 12.7. The van der Waals surface area contributed by atoms with Gasteiger partial charge in [-0.05, 0) is 24.6 Å². The van der Waals surface area contributed by atoms with Gasteiger partial charge in [-0.3, -0.25) is 4.79 Å². The van der Waals surface area contributed by atoms with Crippen molar-refractivity contribution in [3.8, 4) is 0 Å². The Morgan fingerprint density at radius 1 is 1.50 bits per heavy atom. The highest BCUT2D eigenvalue weighted by Crippen LogP contribution is 2.13. The Bertz CT molecular complexity index is 554. The van der Waals surface area contributed by atoms with E-state index in [9.17, 15) is 9.18 Å². The van der Waals surface area contributed by atoms with E-state index < -0.39 is 5.82 Å². The molecule has 0 aliphatic heterocycles. The molecule has 0 saturated carbocycles. The Balaban J connectivity index is 2.15. The first-order chi connectivity index (χ1) is 8.58. The predicted molar refractivity (Wildman–Crippen MR) is 69.0 cm³/mol. The Labute approximate surface area is 109 Å². The van der Waals surface area contributed by atoms with Crippen molar-refractivity contribution in [1.82, 2.24) is 9.88 Å². The fraction of sp³-hybridized carbons (Fsp3) is 0.231. The number of benzene rings is 1. The molecule has 0 spiro atoms. The van der Waals surface area contributed by atoms with Crippen LogP contribution >= 0.6 is 11.3 Å². The molecular weight excluding hydrogens is 251 g/mol. The van der Waals surface area contributed by atoms with Crippen molar-refractivity contribution in [3.05, 3.63) is 51.7 Å². The van der Waals surface area contributed by atoms with Gasteiger partial charge in [-0.2, -0.15) is 0 Å². The van der Waals surface area contributed by atoms with Crippen LogP contribution in [0.4, 0.5) is 4.39 Å². The average molecular weight is 264 g/mol. The van der Waals surface area contributed by atoms with Crippen LogP contribution in [0.3, 0.4) is 0 Å². The molecule has 18 heavy (non-hydrogen) atoms. The number of hydrogen-bond donors (Lipinski definition) is 0. The number of carbonyl (C=O) groups is 1. The van der Waals surface area contributed by atoms with Crippen LogP contribution in [0.15, 0.2) is 29.1 Å². The maximum atomic E-state index is 13.7. The molecule has 2 rings (SSSR count). The summed E-state index contributed by atoms with van der Waals surface area (Å²) in [6, 6.07) is 4.61. The van der Waals surface area contributed by atoms with Crippen molar-refractivity contribution in [2.24, 2.45) is 0 Å². The highest BCUT2D eigenvalue weighted by Gasteiger charge is 2.16. The Hall–Kier alpha value is -1.75. The van der Waals surface area contributed by atoms with Gasteiger partial charge in [0.25, 0.3) is 5.91 Å². The van der Waals surface area contributed by atoms with Gasteiger partial charge in [0.05, 0.1) is 23.3 Å². The van der Waals surface area contributed by atoms with E-state index in [1.807, 2.05) is 5.38 Å². The molecule has 1 heterocycles. The van der Waals surface area contributed by atoms with Crippen LogP contribution in [0.1, 0.15) is 21.6 Å². The number of carbonyl (C=O) groups excluding carboxylic acids is 1. The van der Waals surface area contributed by atoms with Gasteiger partial charge >= 0.3 is 0 Å². The third-order valence-corrected chi connectivity index (χ3v) is 3.22. The smallest absolute Gasteiger partial charge is 0.256 e. The molecule has 0 unspecified atom stereocenters. The molecule has 0 bridgehead atoms. The molecule has 1 amide bonds. The molecule has 0 aliphatic rings. The molecule has 1 aromatic heterocycles. The molecule has 3 nitrogen and oxygen atoms in total. The summed E-state index contributed by atoms with van der Waals surface area (Å²) in [7, 11) is 1.64. The van der Waals surface area contributed by atoms with Gasteiger partial charge in [0.2, 0.25) is 0 Å². The van der Waals surface area contributed by atoms with Crippen LogP contribution in [0.2, 0.25) is 0 Å². The third kappa shape index (κ3) is 2.73. The second-order valence-corrected chi connectivity index (χ2v) is 4.84. The molecular formula is C13H13FN2OS. The van der Waals surface area contributed by atoms with Crippen molar-refractivity contribution in [3.63, 3.8) is 0 Å². The van der Waals surface area contributed by atoms with Gasteiger partial charge < -0.3 is 4.90 Å². The van der Waals surface area contributed by atoms with Crippen molar-refractivity contribution >= 4 is 17.2 Å². The third-order valence-electron chi connectivity index (χ3n) is 2.58. The lowest BCUT2D eigenvalue weighted by atomic mass is 10.1. The second kappa shape index (κ2) is 5.27. The lowest BCUT2D eigenvalue weighted by molar-refractivity contribution is 0.0779. The van der Waals surface area contributed by atoms with Crippen molar-refractivity contribution in [1.29, 1.82) is 0 Å². The highest BCUT2D eigenvalue weighted by molar-refractivity contribution is 7.07. The van der Waals surface area contributed by atoms with E-state index in [0.717, 1.165) is 11.3 Å². The quantitative estimate of drug-likeness (QED) is 0.854. The molecule has 0 aliphatic carbocycles. The fourth-order valence-corrected chi connectivity index (χ4v) is 2.18. The summed E-state index contributed by atoms with van der Waals surface area (Å²) < 4.78 is 13.7. The maximum absolute atomic E-state index is 13.7. The topological polar surface area (TPSA) is 33.2 Å². The van der Waals surface area contributed by atoms with Crippen LogP contribution in [0.5, 0.6) is 0 Å². The Morgan fingerprint density at radius 3 is 2.89 bits per heavy atom. The summed E-state index contributed by atoms with van der Waals surface area (Å²) in [5, 5.41) is 1.87. The minimum absolute atomic E-state index is 0.0957. The van der Waals surface area contributed by atoms with Crippen molar-refractivity contribution < 1.29 is 9.18 Å². The number of rotatable bonds is 3. The largest absolute Gasteiger partial charge is 0.336 e. The van der Waals surface area contributed by atoms with E-state index in [1.54, 1.807) is 25.5 Å². The number of aryl methyl sites for hydroxylation is 1. The summed E-state index contributed by atoms with van der Waals surface area (Å²) in [6.45, 7) is 2.17. The zero-order chi connectivity index (χ0) is 13.1. The van der Waals surface area contributed by atoms with E-state index >= 15 is 0 Å². The van der Waals surface area contributed by atoms with Crippen molar-refractivity contribution in [2.75, 3.05) is 7.05 Å². The summed E-state index contributed by atoms with van der Waals surface area (Å²) in [5.41, 5.74) is 3.41. The second-order valence-electron chi connectivity index (χ2n) is 4.12. The SMILES string of the molecule is Cc1ccc(C(=O)N(C)Cc2cscn2)c(F)c1. The van der Waals surface area contributed by atoms with E-state index in [4.69, 9.17) is 0 Å². The lowest BCUT2D eigenvalue weighted by Crippen LogP contribution is -2.27. The first-order valence-electron chi connectivity index (χ1n) is 5.46. The summed E-state index contributed by atoms with van der Waals surface area (Å²) in [5.74, 6) is -0.814. The van der Waals surface area contributed by atoms with E-state index in [2.05, 4.69) is 4.98 Å². The first-order valence-corrected chi connectivity index (χ1v) is 6.41. The van der Waals surface area contributed by atoms with Gasteiger partial charge in [-0.15, -0.1) is 11.3 Å². The monoisotopic (exact) mass is 264 g/mol. The van der Waals surface area contributed by atoms with E-state index in [1.165, 1.54) is 28.4 Å². The van der Waals surface area contributed by atoms with Crippen LogP contribution in [-0.4, -0.2) is 22.8 Å². The van der Waals surface area contributed by atoms with Gasteiger partial charge in [0.1, 0.15) is 5.82 Å². The molecule has 0 saturated heterocycles. The van der Waals surface area contributed by atoms with Gasteiger partial charge in [-0.25, -0.2) is 9.37 Å². The number of halogens is 1. The average Bonchev–Trinajstić information content (AvgIpc) is 2.81. The van der Waals surface area contributed by atoms with Crippen LogP contribution < -0.4 is 0 Å². The minimum Gasteiger partial charge on any atom is -0.336 e. The maximum Gasteiger partial charge on any atom is 0.256 e. The number of thiazole rings is 1. The fourth-order valence-electron chi connectivity index (χ4n) is 1.63. The summed E-state index contributed by atoms with van der Waals surface area (Å²) in [4.78, 5) is 17.6. The van der Waals surface area contributed by atoms with E-state index in [-0.39, 0.29) is 11.5 Å². The highest BCUT2D eigenvalue weighted by atomic mass is 32.1. The summed E-state index contributed by atoms with van der Waals surface area (Å²) in [6.07, 6.45) is 0. The van der Waals surface area contributed by atoms with Crippen LogP contribution in [-0.2, 0) is 6.54 Å². The molecule has 1 aromatic carbocycles. The summed E-state index contributed by atoms with van der Waals surface area (Å²) >= 11 is 1.47. The number of amides is 1. The Morgan fingerprint density at radius 2 is 2.28 bits per heavy atom. The zero-order valence-corrected chi connectivity index (χ0v) is 11.0. The molecule has 0 fully saturated rings. The minimum atomic E-state index is -0.481. The molecule has 0 radical (unpaired) electrons. The molecule has 0 N–H and O–H groups in total. The van der Waals surface area contributed by atoms with Gasteiger partial charge in [-0.1, -0.05) is 6.07 Å². The van der Waals surface area contributed by atoms with Crippen LogP contribution in [0, 0.1) is 12.7 Å². The lowest BCUT2D eigenvalue weighted by Gasteiger charge is -2.16. The predicted octanol–water partition coefficient (Wildman–Crippen LogP) is 2.86. The Kier molecular flexibility index (Phi) is 3.72. The normalized spacial score (nSPS) is 10.4. The molecule has 0 atom stereocenters. The molecule has 5 heteroatoms. The standard InChI is InChI=1S/C13H13FN2OS/c1-9-3-4-11(12(14)5-9)13(17)16(2)6-10-7-18-8-15-10/h3-5,7-8H,6H2,1-2H3. The van der Waals surface area contributed by atoms with Crippen LogP contribution in [0.25, 0.3) is 0 Å². The molecule has 94 valence electrons. The zero-order valence-electron chi connectivity index (χ0n) is 10.2. The van der Waals surface area contributed by atoms with E-state index in [0.29, 0.717) is 6.54 Å². The number of aromatic nitrogens is 1.